The van der Waals surface area contributed by atoms with Gasteiger partial charge in [0, 0.05) is 29.7 Å². The summed E-state index contributed by atoms with van der Waals surface area (Å²) in [7, 11) is 0. The Morgan fingerprint density at radius 1 is 1.12 bits per heavy atom. The van der Waals surface area contributed by atoms with Crippen molar-refractivity contribution < 1.29 is 4.39 Å². The fraction of sp³-hybridized carbons (Fsp3) is 0.294. The van der Waals surface area contributed by atoms with E-state index >= 15 is 0 Å². The minimum Gasteiger partial charge on any atom is -0.368 e. The van der Waals surface area contributed by atoms with Crippen LogP contribution in [0.4, 0.5) is 10.2 Å². The van der Waals surface area contributed by atoms with E-state index in [1.165, 1.54) is 17.4 Å². The van der Waals surface area contributed by atoms with Gasteiger partial charge in [-0.1, -0.05) is 6.42 Å². The molecule has 3 aromatic rings. The number of hydrogen-bond acceptors (Lipinski definition) is 6. The summed E-state index contributed by atoms with van der Waals surface area (Å²) in [4.78, 5) is 8.49. The molecule has 1 fully saturated rings. The molecule has 3 heterocycles. The summed E-state index contributed by atoms with van der Waals surface area (Å²) in [6.07, 6.45) is 6.35. The second-order valence-electron chi connectivity index (χ2n) is 5.96. The van der Waals surface area contributed by atoms with Crippen molar-refractivity contribution in [2.75, 3.05) is 11.9 Å². The van der Waals surface area contributed by atoms with Crippen LogP contribution in [-0.4, -0.2) is 26.7 Å². The maximum Gasteiger partial charge on any atom is 0.148 e. The standard InChI is InChI=1S/C17H16FN5S/c18-12-3-1-8-19-15(12)17(6-2-7-17)11-21-14-5-4-13(22-23-14)16-20-9-10-24-16/h1,3-5,8-10H,2,6-7,11H2,(H,21,23). The minimum absolute atomic E-state index is 0.232. The van der Waals surface area contributed by atoms with E-state index in [1.54, 1.807) is 18.5 Å². The van der Waals surface area contributed by atoms with Crippen molar-refractivity contribution in [1.29, 1.82) is 0 Å². The van der Waals surface area contributed by atoms with Gasteiger partial charge in [-0.3, -0.25) is 4.98 Å². The van der Waals surface area contributed by atoms with Gasteiger partial charge >= 0.3 is 0 Å². The first-order valence-corrected chi connectivity index (χ1v) is 8.73. The number of halogens is 1. The largest absolute Gasteiger partial charge is 0.368 e. The van der Waals surface area contributed by atoms with Crippen molar-refractivity contribution in [2.45, 2.75) is 24.7 Å². The summed E-state index contributed by atoms with van der Waals surface area (Å²) in [5.41, 5.74) is 1.06. The average Bonchev–Trinajstić information content (AvgIpc) is 3.10. The molecule has 0 spiro atoms. The third-order valence-electron chi connectivity index (χ3n) is 4.50. The lowest BCUT2D eigenvalue weighted by atomic mass is 9.66. The molecule has 1 aliphatic rings. The SMILES string of the molecule is Fc1cccnc1C1(CNc2ccc(-c3nccs3)nn2)CCC1. The van der Waals surface area contributed by atoms with Crippen molar-refractivity contribution >= 4 is 17.2 Å². The number of hydrogen-bond donors (Lipinski definition) is 1. The van der Waals surface area contributed by atoms with E-state index in [9.17, 15) is 4.39 Å². The highest BCUT2D eigenvalue weighted by Gasteiger charge is 2.41. The third kappa shape index (κ3) is 2.75. The lowest BCUT2D eigenvalue weighted by Crippen LogP contribution is -2.42. The molecule has 0 saturated heterocycles. The van der Waals surface area contributed by atoms with Gasteiger partial charge in [0.05, 0.1) is 5.69 Å². The van der Waals surface area contributed by atoms with Gasteiger partial charge in [-0.15, -0.1) is 21.5 Å². The van der Waals surface area contributed by atoms with Crippen molar-refractivity contribution in [3.63, 3.8) is 0 Å². The second-order valence-corrected chi connectivity index (χ2v) is 6.86. The summed E-state index contributed by atoms with van der Waals surface area (Å²) < 4.78 is 14.1. The van der Waals surface area contributed by atoms with E-state index in [0.717, 1.165) is 30.0 Å². The van der Waals surface area contributed by atoms with E-state index < -0.39 is 0 Å². The van der Waals surface area contributed by atoms with Crippen LogP contribution in [0.5, 0.6) is 0 Å². The monoisotopic (exact) mass is 341 g/mol. The summed E-state index contributed by atoms with van der Waals surface area (Å²) in [6.45, 7) is 0.603. The normalized spacial score (nSPS) is 15.7. The van der Waals surface area contributed by atoms with Gasteiger partial charge in [-0.05, 0) is 37.1 Å². The van der Waals surface area contributed by atoms with Crippen LogP contribution in [0.15, 0.2) is 42.0 Å². The molecule has 1 saturated carbocycles. The number of aromatic nitrogens is 4. The van der Waals surface area contributed by atoms with Gasteiger partial charge in [0.2, 0.25) is 0 Å². The third-order valence-corrected chi connectivity index (χ3v) is 5.29. The molecule has 7 heteroatoms. The Morgan fingerprint density at radius 3 is 2.67 bits per heavy atom. The Labute approximate surface area is 143 Å². The van der Waals surface area contributed by atoms with Gasteiger partial charge < -0.3 is 5.32 Å². The zero-order valence-corrected chi connectivity index (χ0v) is 13.8. The van der Waals surface area contributed by atoms with Crippen LogP contribution in [0.3, 0.4) is 0 Å². The van der Waals surface area contributed by atoms with Gasteiger partial charge in [0.1, 0.15) is 22.3 Å². The number of rotatable bonds is 5. The van der Waals surface area contributed by atoms with Crippen molar-refractivity contribution in [1.82, 2.24) is 20.2 Å². The first-order valence-electron chi connectivity index (χ1n) is 7.85. The molecule has 4 rings (SSSR count). The van der Waals surface area contributed by atoms with Crippen LogP contribution in [0, 0.1) is 5.82 Å². The van der Waals surface area contributed by atoms with Gasteiger partial charge in [0.25, 0.3) is 0 Å². The number of thiazole rings is 1. The zero-order valence-electron chi connectivity index (χ0n) is 12.9. The smallest absolute Gasteiger partial charge is 0.148 e. The molecule has 0 bridgehead atoms. The molecule has 1 aliphatic carbocycles. The van der Waals surface area contributed by atoms with Crippen LogP contribution < -0.4 is 5.32 Å². The summed E-state index contributed by atoms with van der Waals surface area (Å²) in [6, 6.07) is 6.88. The molecule has 3 aromatic heterocycles. The Kier molecular flexibility index (Phi) is 3.93. The first kappa shape index (κ1) is 15.1. The predicted molar refractivity (Wildman–Crippen MR) is 91.4 cm³/mol. The van der Waals surface area contributed by atoms with E-state index in [0.29, 0.717) is 18.1 Å². The molecule has 0 aliphatic heterocycles. The lowest BCUT2D eigenvalue weighted by Gasteiger charge is -2.41. The van der Waals surface area contributed by atoms with E-state index in [-0.39, 0.29) is 11.2 Å². The van der Waals surface area contributed by atoms with Gasteiger partial charge in [-0.25, -0.2) is 9.37 Å². The molecule has 0 atom stereocenters. The molecular formula is C17H16FN5S. The molecule has 0 amide bonds. The second kappa shape index (κ2) is 6.24. The van der Waals surface area contributed by atoms with Crippen molar-refractivity contribution in [3.05, 3.63) is 53.6 Å². The molecular weight excluding hydrogens is 325 g/mol. The van der Waals surface area contributed by atoms with Crippen LogP contribution in [-0.2, 0) is 5.41 Å². The Bertz CT molecular complexity index is 815. The number of nitrogens with zero attached hydrogens (tertiary/aromatic N) is 4. The summed E-state index contributed by atoms with van der Waals surface area (Å²) in [5.74, 6) is 0.446. The zero-order chi connectivity index (χ0) is 16.4. The minimum atomic E-state index is -0.249. The van der Waals surface area contributed by atoms with Gasteiger partial charge in [-0.2, -0.15) is 0 Å². The van der Waals surface area contributed by atoms with Crippen molar-refractivity contribution in [3.8, 4) is 10.7 Å². The highest BCUT2D eigenvalue weighted by Crippen LogP contribution is 2.43. The Morgan fingerprint density at radius 2 is 2.04 bits per heavy atom. The number of nitrogens with one attached hydrogen (secondary N) is 1. The molecule has 0 unspecified atom stereocenters. The average molecular weight is 341 g/mol. The van der Waals surface area contributed by atoms with E-state index in [2.05, 4.69) is 25.5 Å². The van der Waals surface area contributed by atoms with E-state index in [4.69, 9.17) is 0 Å². The fourth-order valence-corrected chi connectivity index (χ4v) is 3.63. The van der Waals surface area contributed by atoms with Crippen molar-refractivity contribution in [2.24, 2.45) is 0 Å². The highest BCUT2D eigenvalue weighted by atomic mass is 32.1. The lowest BCUT2D eigenvalue weighted by molar-refractivity contribution is 0.243. The molecule has 5 nitrogen and oxygen atoms in total. The quantitative estimate of drug-likeness (QED) is 0.767. The van der Waals surface area contributed by atoms with Crippen LogP contribution in [0.1, 0.15) is 25.0 Å². The maximum atomic E-state index is 14.1. The fourth-order valence-electron chi connectivity index (χ4n) is 3.03. The van der Waals surface area contributed by atoms with Gasteiger partial charge in [0.15, 0.2) is 0 Å². The molecule has 1 N–H and O–H groups in total. The first-order chi connectivity index (χ1) is 11.8. The Balaban J connectivity index is 1.49. The molecule has 0 radical (unpaired) electrons. The van der Waals surface area contributed by atoms with Crippen LogP contribution >= 0.6 is 11.3 Å². The molecule has 0 aromatic carbocycles. The maximum absolute atomic E-state index is 14.1. The predicted octanol–water partition coefficient (Wildman–Crippen LogP) is 3.67. The molecule has 122 valence electrons. The number of pyridine rings is 1. The summed E-state index contributed by atoms with van der Waals surface area (Å²) in [5, 5.41) is 14.4. The molecule has 24 heavy (non-hydrogen) atoms. The van der Waals surface area contributed by atoms with Crippen LogP contribution in [0.2, 0.25) is 0 Å². The van der Waals surface area contributed by atoms with E-state index in [1.807, 2.05) is 17.5 Å². The summed E-state index contributed by atoms with van der Waals surface area (Å²) >= 11 is 1.53. The highest BCUT2D eigenvalue weighted by molar-refractivity contribution is 7.13. The Hall–Kier alpha value is -2.41. The van der Waals surface area contributed by atoms with Crippen LogP contribution in [0.25, 0.3) is 10.7 Å². The number of anilines is 1. The topological polar surface area (TPSA) is 63.6 Å².